The summed E-state index contributed by atoms with van der Waals surface area (Å²) in [5.41, 5.74) is 5.65. The highest BCUT2D eigenvalue weighted by Crippen LogP contribution is 2.42. The van der Waals surface area contributed by atoms with E-state index < -0.39 is 10.0 Å². The molecule has 0 bridgehead atoms. The van der Waals surface area contributed by atoms with Crippen LogP contribution in [0.1, 0.15) is 23.6 Å². The normalized spacial score (nSPS) is 14.5. The largest absolute Gasteiger partial charge is 0.268 e. The standard InChI is InChI=1S/C21H21N3O2S2/c1-4-24-18-8-6-5-7-17(18)20-19(28(24,25)26)12-22-21(23-20)27-13-16-11-14(2)9-10-15(16)3/h5-12H,4,13H2,1-3H3. The fraction of sp³-hybridized carbons (Fsp3) is 0.238. The molecule has 0 aliphatic carbocycles. The third-order valence-corrected chi connectivity index (χ3v) is 7.68. The summed E-state index contributed by atoms with van der Waals surface area (Å²) in [6, 6.07) is 13.9. The maximum Gasteiger partial charge on any atom is 0.268 e. The van der Waals surface area contributed by atoms with Crippen LogP contribution in [0.15, 0.2) is 58.7 Å². The van der Waals surface area contributed by atoms with E-state index in [0.717, 1.165) is 11.3 Å². The molecular weight excluding hydrogens is 390 g/mol. The van der Waals surface area contributed by atoms with Crippen LogP contribution in [0.2, 0.25) is 0 Å². The maximum absolute atomic E-state index is 13.0. The molecular formula is C21H21N3O2S2. The Morgan fingerprint density at radius 1 is 1.11 bits per heavy atom. The molecule has 4 rings (SSSR count). The van der Waals surface area contributed by atoms with Crippen molar-refractivity contribution >= 4 is 27.5 Å². The molecule has 2 aromatic carbocycles. The Morgan fingerprint density at radius 2 is 1.89 bits per heavy atom. The van der Waals surface area contributed by atoms with Crippen LogP contribution in [-0.4, -0.2) is 24.9 Å². The van der Waals surface area contributed by atoms with Crippen LogP contribution in [0.3, 0.4) is 0 Å². The molecule has 7 heteroatoms. The Kier molecular flexibility index (Phi) is 4.89. The molecule has 0 amide bonds. The first-order valence-electron chi connectivity index (χ1n) is 9.10. The Bertz CT molecular complexity index is 1160. The third kappa shape index (κ3) is 3.18. The summed E-state index contributed by atoms with van der Waals surface area (Å²) < 4.78 is 27.4. The van der Waals surface area contributed by atoms with Gasteiger partial charge in [-0.25, -0.2) is 18.4 Å². The lowest BCUT2D eigenvalue weighted by molar-refractivity contribution is 0.589. The lowest BCUT2D eigenvalue weighted by Crippen LogP contribution is -2.34. The second-order valence-electron chi connectivity index (χ2n) is 6.77. The van der Waals surface area contributed by atoms with Crippen LogP contribution in [0.25, 0.3) is 11.3 Å². The molecule has 1 aromatic heterocycles. The van der Waals surface area contributed by atoms with Crippen LogP contribution in [0, 0.1) is 13.8 Å². The van der Waals surface area contributed by atoms with Crippen LogP contribution in [-0.2, 0) is 15.8 Å². The first-order chi connectivity index (χ1) is 13.4. The molecule has 144 valence electrons. The minimum Gasteiger partial charge on any atom is -0.266 e. The number of anilines is 1. The minimum atomic E-state index is -3.64. The van der Waals surface area contributed by atoms with Gasteiger partial charge in [0.05, 0.1) is 17.6 Å². The van der Waals surface area contributed by atoms with Gasteiger partial charge in [0.1, 0.15) is 4.90 Å². The SMILES string of the molecule is CCN1c2ccccc2-c2nc(SCc3cc(C)ccc3C)ncc2S1(=O)=O. The Hall–Kier alpha value is -2.38. The van der Waals surface area contributed by atoms with E-state index in [-0.39, 0.29) is 4.90 Å². The highest BCUT2D eigenvalue weighted by atomic mass is 32.2. The van der Waals surface area contributed by atoms with E-state index in [1.54, 1.807) is 0 Å². The van der Waals surface area contributed by atoms with Gasteiger partial charge in [0.25, 0.3) is 10.0 Å². The molecule has 0 atom stereocenters. The number of thioether (sulfide) groups is 1. The van der Waals surface area contributed by atoms with Gasteiger partial charge in [-0.1, -0.05) is 53.7 Å². The predicted molar refractivity (Wildman–Crippen MR) is 113 cm³/mol. The molecule has 0 unspecified atom stereocenters. The smallest absolute Gasteiger partial charge is 0.266 e. The summed E-state index contributed by atoms with van der Waals surface area (Å²) >= 11 is 1.52. The lowest BCUT2D eigenvalue weighted by atomic mass is 10.1. The van der Waals surface area contributed by atoms with Gasteiger partial charge in [0, 0.05) is 17.9 Å². The van der Waals surface area contributed by atoms with Crippen molar-refractivity contribution in [3.05, 3.63) is 65.4 Å². The molecule has 0 saturated carbocycles. The fourth-order valence-corrected chi connectivity index (χ4v) is 5.84. The number of rotatable bonds is 4. The number of sulfonamides is 1. The van der Waals surface area contributed by atoms with Crippen molar-refractivity contribution < 1.29 is 8.42 Å². The average Bonchev–Trinajstić information content (AvgIpc) is 2.69. The van der Waals surface area contributed by atoms with Crippen LogP contribution >= 0.6 is 11.8 Å². The summed E-state index contributed by atoms with van der Waals surface area (Å²) in [6.07, 6.45) is 1.45. The molecule has 1 aliphatic rings. The summed E-state index contributed by atoms with van der Waals surface area (Å²) in [4.78, 5) is 9.15. The third-order valence-electron chi connectivity index (χ3n) is 4.88. The summed E-state index contributed by atoms with van der Waals surface area (Å²) in [5, 5.41) is 0.578. The molecule has 2 heterocycles. The van der Waals surface area contributed by atoms with Crippen molar-refractivity contribution in [2.75, 3.05) is 10.8 Å². The van der Waals surface area contributed by atoms with E-state index in [4.69, 9.17) is 0 Å². The minimum absolute atomic E-state index is 0.170. The number of aryl methyl sites for hydroxylation is 2. The van der Waals surface area contributed by atoms with Crippen molar-refractivity contribution in [3.63, 3.8) is 0 Å². The lowest BCUT2D eigenvalue weighted by Gasteiger charge is -2.30. The van der Waals surface area contributed by atoms with E-state index in [1.807, 2.05) is 31.2 Å². The summed E-state index contributed by atoms with van der Waals surface area (Å²) in [7, 11) is -3.64. The zero-order chi connectivity index (χ0) is 19.9. The van der Waals surface area contributed by atoms with Gasteiger partial charge in [-0.2, -0.15) is 0 Å². The summed E-state index contributed by atoms with van der Waals surface area (Å²) in [6.45, 7) is 6.35. The number of fused-ring (bicyclic) bond motifs is 3. The van der Waals surface area contributed by atoms with E-state index in [9.17, 15) is 8.42 Å². The van der Waals surface area contributed by atoms with Crippen LogP contribution in [0.4, 0.5) is 5.69 Å². The zero-order valence-electron chi connectivity index (χ0n) is 16.0. The Morgan fingerprint density at radius 3 is 2.68 bits per heavy atom. The van der Waals surface area contributed by atoms with Gasteiger partial charge in [-0.05, 0) is 38.0 Å². The maximum atomic E-state index is 13.0. The molecule has 0 radical (unpaired) electrons. The number of benzene rings is 2. The molecule has 0 N–H and O–H groups in total. The molecule has 1 aliphatic heterocycles. The predicted octanol–water partition coefficient (Wildman–Crippen LogP) is 4.58. The van der Waals surface area contributed by atoms with Crippen LogP contribution in [0.5, 0.6) is 0 Å². The van der Waals surface area contributed by atoms with Crippen molar-refractivity contribution in [1.82, 2.24) is 9.97 Å². The number of nitrogens with zero attached hydrogens (tertiary/aromatic N) is 3. The van der Waals surface area contributed by atoms with E-state index >= 15 is 0 Å². The van der Waals surface area contributed by atoms with E-state index in [0.29, 0.717) is 23.1 Å². The highest BCUT2D eigenvalue weighted by Gasteiger charge is 2.35. The molecule has 28 heavy (non-hydrogen) atoms. The van der Waals surface area contributed by atoms with Gasteiger partial charge in [-0.3, -0.25) is 4.31 Å². The van der Waals surface area contributed by atoms with Crippen LogP contribution < -0.4 is 4.31 Å². The molecule has 0 saturated heterocycles. The van der Waals surface area contributed by atoms with E-state index in [1.165, 1.54) is 39.0 Å². The number of hydrogen-bond donors (Lipinski definition) is 0. The molecule has 5 nitrogen and oxygen atoms in total. The zero-order valence-corrected chi connectivity index (χ0v) is 17.6. The number of para-hydroxylation sites is 1. The monoisotopic (exact) mass is 411 g/mol. The number of aromatic nitrogens is 2. The highest BCUT2D eigenvalue weighted by molar-refractivity contribution is 7.98. The van der Waals surface area contributed by atoms with Crippen molar-refractivity contribution in [2.24, 2.45) is 0 Å². The molecule has 3 aromatic rings. The van der Waals surface area contributed by atoms with Crippen molar-refractivity contribution in [3.8, 4) is 11.3 Å². The Labute approximate surface area is 169 Å². The Balaban J connectivity index is 1.73. The van der Waals surface area contributed by atoms with Gasteiger partial charge in [-0.15, -0.1) is 0 Å². The van der Waals surface area contributed by atoms with Crippen molar-refractivity contribution in [2.45, 2.75) is 36.6 Å². The summed E-state index contributed by atoms with van der Waals surface area (Å²) in [5.74, 6) is 0.738. The van der Waals surface area contributed by atoms with Gasteiger partial charge in [0.2, 0.25) is 0 Å². The first kappa shape index (κ1) is 19.0. The quantitative estimate of drug-likeness (QED) is 0.464. The van der Waals surface area contributed by atoms with E-state index in [2.05, 4.69) is 42.0 Å². The number of hydrogen-bond acceptors (Lipinski definition) is 5. The molecule has 0 fully saturated rings. The van der Waals surface area contributed by atoms with Gasteiger partial charge < -0.3 is 0 Å². The van der Waals surface area contributed by atoms with Crippen molar-refractivity contribution in [1.29, 1.82) is 0 Å². The fourth-order valence-electron chi connectivity index (χ4n) is 3.38. The second-order valence-corrected chi connectivity index (χ2v) is 9.54. The van der Waals surface area contributed by atoms with Gasteiger partial charge >= 0.3 is 0 Å². The van der Waals surface area contributed by atoms with Gasteiger partial charge in [0.15, 0.2) is 5.16 Å². The first-order valence-corrected chi connectivity index (χ1v) is 11.5. The topological polar surface area (TPSA) is 63.2 Å². The average molecular weight is 412 g/mol. The second kappa shape index (κ2) is 7.22. The molecule has 0 spiro atoms.